The first-order valence-corrected chi connectivity index (χ1v) is 8.29. The van der Waals surface area contributed by atoms with Gasteiger partial charge in [0.15, 0.2) is 0 Å². The molecule has 0 N–H and O–H groups in total. The number of hydrogen-bond donors (Lipinski definition) is 0. The highest BCUT2D eigenvalue weighted by molar-refractivity contribution is 7.98. The van der Waals surface area contributed by atoms with Gasteiger partial charge in [0.2, 0.25) is 0 Å². The van der Waals surface area contributed by atoms with Gasteiger partial charge in [-0.2, -0.15) is 0 Å². The third-order valence-corrected chi connectivity index (χ3v) is 5.02. The fraction of sp³-hybridized carbons (Fsp3) is 0.353. The van der Waals surface area contributed by atoms with Crippen LogP contribution in [0.4, 0.5) is 0 Å². The van der Waals surface area contributed by atoms with Crippen molar-refractivity contribution in [3.05, 3.63) is 48.0 Å². The normalized spacial score (nSPS) is 22.5. The van der Waals surface area contributed by atoms with Crippen molar-refractivity contribution >= 4 is 28.6 Å². The van der Waals surface area contributed by atoms with Crippen molar-refractivity contribution in [3.63, 3.8) is 0 Å². The molecule has 0 amide bonds. The maximum absolute atomic E-state index is 4.75. The zero-order valence-corrected chi connectivity index (χ0v) is 12.3. The van der Waals surface area contributed by atoms with E-state index in [9.17, 15) is 0 Å². The minimum Gasteiger partial charge on any atom is -0.358 e. The molecule has 0 aromatic heterocycles. The van der Waals surface area contributed by atoms with Gasteiger partial charge in [-0.3, -0.25) is 0 Å². The standard InChI is InChI=1S/C17H18N2S/c1-2-5-14-12-15(8-7-13(14)4-1)16-6-3-9-19-10-11-20-18-17(16)19/h1-2,4-5,7-8,12,16H,3,6,9-11H2. The lowest BCUT2D eigenvalue weighted by atomic mass is 9.88. The molecule has 4 rings (SSSR count). The Kier molecular flexibility index (Phi) is 3.15. The second-order valence-corrected chi connectivity index (χ2v) is 6.42. The summed E-state index contributed by atoms with van der Waals surface area (Å²) in [4.78, 5) is 2.49. The fourth-order valence-electron chi connectivity index (χ4n) is 3.30. The van der Waals surface area contributed by atoms with Gasteiger partial charge in [0.25, 0.3) is 0 Å². The lowest BCUT2D eigenvalue weighted by Crippen LogP contribution is -2.42. The van der Waals surface area contributed by atoms with E-state index in [1.165, 1.54) is 41.6 Å². The van der Waals surface area contributed by atoms with Crippen molar-refractivity contribution in [2.75, 3.05) is 18.8 Å². The van der Waals surface area contributed by atoms with Gasteiger partial charge in [0.1, 0.15) is 5.84 Å². The van der Waals surface area contributed by atoms with Gasteiger partial charge in [-0.1, -0.05) is 42.5 Å². The van der Waals surface area contributed by atoms with E-state index < -0.39 is 0 Å². The van der Waals surface area contributed by atoms with Crippen LogP contribution in [0, 0.1) is 0 Å². The highest BCUT2D eigenvalue weighted by Gasteiger charge is 2.29. The first-order chi connectivity index (χ1) is 9.92. The molecule has 1 unspecified atom stereocenters. The van der Waals surface area contributed by atoms with Crippen LogP contribution in [0.2, 0.25) is 0 Å². The van der Waals surface area contributed by atoms with Gasteiger partial charge in [0, 0.05) is 24.8 Å². The zero-order chi connectivity index (χ0) is 13.4. The van der Waals surface area contributed by atoms with Crippen molar-refractivity contribution in [1.82, 2.24) is 4.90 Å². The van der Waals surface area contributed by atoms with Crippen molar-refractivity contribution in [2.24, 2.45) is 4.40 Å². The molecule has 2 heterocycles. The minimum absolute atomic E-state index is 0.487. The van der Waals surface area contributed by atoms with Crippen LogP contribution in [-0.4, -0.2) is 29.6 Å². The molecule has 0 bridgehead atoms. The van der Waals surface area contributed by atoms with Crippen molar-refractivity contribution in [2.45, 2.75) is 18.8 Å². The fourth-order valence-corrected chi connectivity index (χ4v) is 4.07. The van der Waals surface area contributed by atoms with E-state index in [4.69, 9.17) is 4.40 Å². The lowest BCUT2D eigenvalue weighted by Gasteiger charge is -2.37. The summed E-state index contributed by atoms with van der Waals surface area (Å²) in [5.41, 5.74) is 1.43. The summed E-state index contributed by atoms with van der Waals surface area (Å²) in [6, 6.07) is 15.5. The molecule has 1 fully saturated rings. The highest BCUT2D eigenvalue weighted by Crippen LogP contribution is 2.33. The molecule has 1 atom stereocenters. The van der Waals surface area contributed by atoms with Crippen LogP contribution in [0.15, 0.2) is 46.9 Å². The summed E-state index contributed by atoms with van der Waals surface area (Å²) in [6.45, 7) is 2.34. The van der Waals surface area contributed by atoms with Crippen LogP contribution >= 0.6 is 11.9 Å². The van der Waals surface area contributed by atoms with Crippen molar-refractivity contribution < 1.29 is 0 Å². The molecule has 20 heavy (non-hydrogen) atoms. The number of rotatable bonds is 1. The molecule has 2 aliphatic rings. The summed E-state index contributed by atoms with van der Waals surface area (Å²) in [5, 5.41) is 2.66. The maximum Gasteiger partial charge on any atom is 0.120 e. The maximum atomic E-state index is 4.75. The molecule has 2 nitrogen and oxygen atoms in total. The number of benzene rings is 2. The van der Waals surface area contributed by atoms with E-state index >= 15 is 0 Å². The van der Waals surface area contributed by atoms with Crippen LogP contribution in [0.3, 0.4) is 0 Å². The summed E-state index contributed by atoms with van der Waals surface area (Å²) in [7, 11) is 0. The molecule has 2 aromatic carbocycles. The number of nitrogens with zero attached hydrogens (tertiary/aromatic N) is 2. The Labute approximate surface area is 124 Å². The molecule has 0 saturated carbocycles. The molecule has 2 aromatic rings. The van der Waals surface area contributed by atoms with Gasteiger partial charge in [-0.25, -0.2) is 4.40 Å². The summed E-state index contributed by atoms with van der Waals surface area (Å²) >= 11 is 1.73. The minimum atomic E-state index is 0.487. The van der Waals surface area contributed by atoms with Crippen LogP contribution in [0.5, 0.6) is 0 Å². The summed E-state index contributed by atoms with van der Waals surface area (Å²) in [5.74, 6) is 2.93. The van der Waals surface area contributed by atoms with E-state index in [2.05, 4.69) is 47.4 Å². The predicted octanol–water partition coefficient (Wildman–Crippen LogP) is 4.08. The lowest BCUT2D eigenvalue weighted by molar-refractivity contribution is 0.371. The topological polar surface area (TPSA) is 15.6 Å². The SMILES string of the molecule is c1ccc2cc(C3CCCN4CCSN=C34)ccc2c1. The second kappa shape index (κ2) is 5.13. The van der Waals surface area contributed by atoms with Crippen LogP contribution in [0.25, 0.3) is 10.8 Å². The second-order valence-electron chi connectivity index (χ2n) is 5.57. The van der Waals surface area contributed by atoms with E-state index in [0.29, 0.717) is 5.92 Å². The molecule has 0 spiro atoms. The Balaban J connectivity index is 1.75. The molecule has 2 aliphatic heterocycles. The number of piperidine rings is 1. The Morgan fingerprint density at radius 3 is 2.90 bits per heavy atom. The van der Waals surface area contributed by atoms with Crippen molar-refractivity contribution in [3.8, 4) is 0 Å². The largest absolute Gasteiger partial charge is 0.358 e. The Morgan fingerprint density at radius 1 is 1.05 bits per heavy atom. The molecular formula is C17H18N2S. The number of amidine groups is 1. The Hall–Kier alpha value is -1.48. The zero-order valence-electron chi connectivity index (χ0n) is 11.5. The van der Waals surface area contributed by atoms with Gasteiger partial charge in [0.05, 0.1) is 0 Å². The summed E-state index contributed by atoms with van der Waals surface area (Å²) < 4.78 is 4.75. The van der Waals surface area contributed by atoms with E-state index in [0.717, 1.165) is 12.3 Å². The van der Waals surface area contributed by atoms with E-state index in [-0.39, 0.29) is 0 Å². The van der Waals surface area contributed by atoms with Crippen LogP contribution < -0.4 is 0 Å². The predicted molar refractivity (Wildman–Crippen MR) is 87.4 cm³/mol. The van der Waals surface area contributed by atoms with Crippen LogP contribution in [-0.2, 0) is 0 Å². The number of fused-ring (bicyclic) bond motifs is 2. The number of hydrogen-bond acceptors (Lipinski definition) is 3. The average molecular weight is 282 g/mol. The monoisotopic (exact) mass is 282 g/mol. The van der Waals surface area contributed by atoms with E-state index in [1.54, 1.807) is 11.9 Å². The Morgan fingerprint density at radius 2 is 1.95 bits per heavy atom. The van der Waals surface area contributed by atoms with Crippen molar-refractivity contribution in [1.29, 1.82) is 0 Å². The van der Waals surface area contributed by atoms with Crippen LogP contribution in [0.1, 0.15) is 24.3 Å². The van der Waals surface area contributed by atoms with Gasteiger partial charge in [-0.15, -0.1) is 0 Å². The third kappa shape index (κ3) is 2.10. The molecule has 3 heteroatoms. The van der Waals surface area contributed by atoms with E-state index in [1.807, 2.05) is 0 Å². The molecular weight excluding hydrogens is 264 g/mol. The van der Waals surface area contributed by atoms with Gasteiger partial charge in [-0.05, 0) is 41.1 Å². The quantitative estimate of drug-likeness (QED) is 0.732. The first kappa shape index (κ1) is 12.3. The Bertz CT molecular complexity index is 665. The molecule has 0 radical (unpaired) electrons. The smallest absolute Gasteiger partial charge is 0.120 e. The molecule has 1 saturated heterocycles. The molecule has 102 valence electrons. The van der Waals surface area contributed by atoms with Gasteiger partial charge < -0.3 is 4.90 Å². The third-order valence-electron chi connectivity index (χ3n) is 4.34. The average Bonchev–Trinajstić information content (AvgIpc) is 2.54. The molecule has 0 aliphatic carbocycles. The first-order valence-electron chi connectivity index (χ1n) is 7.35. The highest BCUT2D eigenvalue weighted by atomic mass is 32.2. The van der Waals surface area contributed by atoms with Gasteiger partial charge >= 0.3 is 0 Å². The summed E-state index contributed by atoms with van der Waals surface area (Å²) in [6.07, 6.45) is 2.51.